The van der Waals surface area contributed by atoms with Crippen molar-refractivity contribution in [3.05, 3.63) is 23.5 Å². The minimum absolute atomic E-state index is 0.0945. The second-order valence-corrected chi connectivity index (χ2v) is 2.43. The Bertz CT molecular complexity index is 311. The zero-order valence-corrected chi connectivity index (χ0v) is 6.47. The van der Waals surface area contributed by atoms with Gasteiger partial charge in [0.2, 0.25) is 0 Å². The Morgan fingerprint density at radius 3 is 2.54 bits per heavy atom. The average molecular weight is 192 g/mol. The number of hydrogen-bond acceptors (Lipinski definition) is 3. The molecule has 3 nitrogen and oxygen atoms in total. The van der Waals surface area contributed by atoms with Crippen molar-refractivity contribution in [1.29, 1.82) is 0 Å². The van der Waals surface area contributed by atoms with Crippen molar-refractivity contribution in [2.75, 3.05) is 5.73 Å². The maximum atomic E-state index is 12.2. The lowest BCUT2D eigenvalue weighted by Crippen LogP contribution is -2.12. The van der Waals surface area contributed by atoms with E-state index in [4.69, 9.17) is 10.8 Å². The zero-order valence-electron chi connectivity index (χ0n) is 6.47. The predicted molar refractivity (Wildman–Crippen MR) is 39.6 cm³/mol. The molecule has 0 aliphatic heterocycles. The predicted octanol–water partition coefficient (Wildman–Crippen LogP) is 1.17. The fourth-order valence-electron chi connectivity index (χ4n) is 0.905. The molecule has 0 unspecified atom stereocenters. The average Bonchev–Trinajstić information content (AvgIpc) is 2.01. The number of aliphatic hydroxyl groups is 1. The Morgan fingerprint density at radius 1 is 1.46 bits per heavy atom. The summed E-state index contributed by atoms with van der Waals surface area (Å²) in [5.74, 6) is 0. The number of anilines is 1. The van der Waals surface area contributed by atoms with Crippen molar-refractivity contribution in [2.45, 2.75) is 12.8 Å². The number of pyridine rings is 1. The highest BCUT2D eigenvalue weighted by Gasteiger charge is 2.34. The van der Waals surface area contributed by atoms with Crippen molar-refractivity contribution in [3.8, 4) is 0 Å². The molecule has 1 aromatic heterocycles. The van der Waals surface area contributed by atoms with Gasteiger partial charge >= 0.3 is 6.18 Å². The number of aliphatic hydroxyl groups excluding tert-OH is 1. The molecule has 0 saturated heterocycles. The lowest BCUT2D eigenvalue weighted by atomic mass is 10.2. The number of nitrogens with zero attached hydrogens (tertiary/aromatic N) is 1. The summed E-state index contributed by atoms with van der Waals surface area (Å²) in [6.07, 6.45) is -3.65. The lowest BCUT2D eigenvalue weighted by molar-refractivity contribution is -0.142. The molecule has 0 aliphatic rings. The molecule has 13 heavy (non-hydrogen) atoms. The summed E-state index contributed by atoms with van der Waals surface area (Å²) in [7, 11) is 0. The van der Waals surface area contributed by atoms with Gasteiger partial charge in [0, 0.05) is 5.56 Å². The Labute approximate surface area is 72.0 Å². The molecular weight excluding hydrogens is 185 g/mol. The van der Waals surface area contributed by atoms with E-state index in [2.05, 4.69) is 4.98 Å². The van der Waals surface area contributed by atoms with E-state index in [1.807, 2.05) is 0 Å². The van der Waals surface area contributed by atoms with Gasteiger partial charge in [0.1, 0.15) is 5.69 Å². The number of nitrogen functional groups attached to an aromatic ring is 1. The van der Waals surface area contributed by atoms with Crippen LogP contribution in [0.3, 0.4) is 0 Å². The van der Waals surface area contributed by atoms with Gasteiger partial charge in [0.25, 0.3) is 0 Å². The SMILES string of the molecule is Nc1cnc(C(F)(F)F)c(CO)c1. The molecule has 1 heterocycles. The van der Waals surface area contributed by atoms with Crippen LogP contribution in [-0.4, -0.2) is 10.1 Å². The van der Waals surface area contributed by atoms with Crippen LogP contribution in [0.4, 0.5) is 18.9 Å². The quantitative estimate of drug-likeness (QED) is 0.702. The van der Waals surface area contributed by atoms with Crippen molar-refractivity contribution >= 4 is 5.69 Å². The van der Waals surface area contributed by atoms with Crippen LogP contribution in [0.2, 0.25) is 0 Å². The minimum atomic E-state index is -4.55. The Kier molecular flexibility index (Phi) is 2.42. The van der Waals surface area contributed by atoms with Gasteiger partial charge in [-0.15, -0.1) is 0 Å². The molecule has 1 rings (SSSR count). The van der Waals surface area contributed by atoms with Crippen LogP contribution in [0.1, 0.15) is 11.3 Å². The first-order valence-electron chi connectivity index (χ1n) is 3.37. The molecule has 1 aromatic rings. The van der Waals surface area contributed by atoms with Crippen molar-refractivity contribution < 1.29 is 18.3 Å². The van der Waals surface area contributed by atoms with Crippen LogP contribution in [0.25, 0.3) is 0 Å². The first-order chi connectivity index (χ1) is 5.95. The van der Waals surface area contributed by atoms with E-state index in [1.165, 1.54) is 0 Å². The highest BCUT2D eigenvalue weighted by atomic mass is 19.4. The summed E-state index contributed by atoms with van der Waals surface area (Å²) < 4.78 is 36.5. The van der Waals surface area contributed by atoms with Crippen LogP contribution >= 0.6 is 0 Å². The van der Waals surface area contributed by atoms with Gasteiger partial charge in [-0.1, -0.05) is 0 Å². The van der Waals surface area contributed by atoms with Gasteiger partial charge in [0.15, 0.2) is 0 Å². The number of hydrogen-bond donors (Lipinski definition) is 2. The molecule has 0 saturated carbocycles. The third-order valence-electron chi connectivity index (χ3n) is 1.43. The second-order valence-electron chi connectivity index (χ2n) is 2.43. The molecule has 0 amide bonds. The highest BCUT2D eigenvalue weighted by Crippen LogP contribution is 2.30. The maximum absolute atomic E-state index is 12.2. The third kappa shape index (κ3) is 2.09. The summed E-state index contributed by atoms with van der Waals surface area (Å²) >= 11 is 0. The zero-order chi connectivity index (χ0) is 10.1. The minimum Gasteiger partial charge on any atom is -0.397 e. The summed E-state index contributed by atoms with van der Waals surface area (Å²) in [4.78, 5) is 3.11. The molecule has 0 aromatic carbocycles. The van der Waals surface area contributed by atoms with Crippen LogP contribution in [0.5, 0.6) is 0 Å². The van der Waals surface area contributed by atoms with Gasteiger partial charge in [-0.25, -0.2) is 4.98 Å². The molecule has 0 bridgehead atoms. The van der Waals surface area contributed by atoms with E-state index in [-0.39, 0.29) is 11.3 Å². The number of rotatable bonds is 1. The van der Waals surface area contributed by atoms with Gasteiger partial charge in [0.05, 0.1) is 18.5 Å². The highest BCUT2D eigenvalue weighted by molar-refractivity contribution is 5.40. The lowest BCUT2D eigenvalue weighted by Gasteiger charge is -2.09. The third-order valence-corrected chi connectivity index (χ3v) is 1.43. The summed E-state index contributed by atoms with van der Waals surface area (Å²) in [5.41, 5.74) is 3.89. The summed E-state index contributed by atoms with van der Waals surface area (Å²) in [6, 6.07) is 1.05. The van der Waals surface area contributed by atoms with Gasteiger partial charge in [-0.3, -0.25) is 0 Å². The fraction of sp³-hybridized carbons (Fsp3) is 0.286. The molecule has 0 fully saturated rings. The van der Waals surface area contributed by atoms with E-state index < -0.39 is 18.5 Å². The fourth-order valence-corrected chi connectivity index (χ4v) is 0.905. The van der Waals surface area contributed by atoms with Crippen LogP contribution in [-0.2, 0) is 12.8 Å². The van der Waals surface area contributed by atoms with Crippen molar-refractivity contribution in [1.82, 2.24) is 4.98 Å². The standard InChI is InChI=1S/C7H7F3N2O/c8-7(9,10)6-4(3-13)1-5(11)2-12-6/h1-2,13H,3,11H2. The second kappa shape index (κ2) is 3.21. The number of aromatic nitrogens is 1. The van der Waals surface area contributed by atoms with Crippen LogP contribution in [0, 0.1) is 0 Å². The molecule has 0 aliphatic carbocycles. The molecule has 6 heteroatoms. The van der Waals surface area contributed by atoms with Crippen LogP contribution in [0.15, 0.2) is 12.3 Å². The monoisotopic (exact) mass is 192 g/mol. The number of halogens is 3. The van der Waals surface area contributed by atoms with Crippen molar-refractivity contribution in [2.24, 2.45) is 0 Å². The first-order valence-corrected chi connectivity index (χ1v) is 3.37. The smallest absolute Gasteiger partial charge is 0.397 e. The topological polar surface area (TPSA) is 59.1 Å². The number of nitrogens with two attached hydrogens (primary N) is 1. The van der Waals surface area contributed by atoms with Crippen LogP contribution < -0.4 is 5.73 Å². The van der Waals surface area contributed by atoms with E-state index in [0.717, 1.165) is 12.3 Å². The molecule has 0 radical (unpaired) electrons. The molecule has 72 valence electrons. The normalized spacial score (nSPS) is 11.7. The first kappa shape index (κ1) is 9.79. The largest absolute Gasteiger partial charge is 0.433 e. The Balaban J connectivity index is 3.22. The maximum Gasteiger partial charge on any atom is 0.433 e. The van der Waals surface area contributed by atoms with E-state index in [0.29, 0.717) is 0 Å². The Hall–Kier alpha value is -1.30. The molecule has 3 N–H and O–H groups in total. The molecule has 0 spiro atoms. The number of alkyl halides is 3. The molecule has 0 atom stereocenters. The molecular formula is C7H7F3N2O. The van der Waals surface area contributed by atoms with Gasteiger partial charge in [-0.2, -0.15) is 13.2 Å². The van der Waals surface area contributed by atoms with E-state index >= 15 is 0 Å². The summed E-state index contributed by atoms with van der Waals surface area (Å²) in [5, 5.41) is 8.61. The van der Waals surface area contributed by atoms with Gasteiger partial charge < -0.3 is 10.8 Å². The van der Waals surface area contributed by atoms with E-state index in [1.54, 1.807) is 0 Å². The van der Waals surface area contributed by atoms with Gasteiger partial charge in [-0.05, 0) is 6.07 Å². The van der Waals surface area contributed by atoms with Crippen molar-refractivity contribution in [3.63, 3.8) is 0 Å². The Morgan fingerprint density at radius 2 is 2.08 bits per heavy atom. The van der Waals surface area contributed by atoms with E-state index in [9.17, 15) is 13.2 Å². The summed E-state index contributed by atoms with van der Waals surface area (Å²) in [6.45, 7) is -0.729.